The molecule has 5 heteroatoms. The Morgan fingerprint density at radius 1 is 1.44 bits per heavy atom. The number of hydrogen-bond acceptors (Lipinski definition) is 2. The van der Waals surface area contributed by atoms with Gasteiger partial charge in [-0.3, -0.25) is 4.99 Å². The van der Waals surface area contributed by atoms with Crippen LogP contribution < -0.4 is 5.32 Å². The maximum Gasteiger partial charge on any atom is 0.157 e. The molecule has 2 rings (SSSR count). The first-order valence-corrected chi connectivity index (χ1v) is 7.05. The molecule has 18 heavy (non-hydrogen) atoms. The van der Waals surface area contributed by atoms with Crippen LogP contribution in [0.4, 0.5) is 8.78 Å². The number of nitrogens with zero attached hydrogens (tertiary/aromatic N) is 1. The summed E-state index contributed by atoms with van der Waals surface area (Å²) in [5.41, 5.74) is 0.421. The molecule has 1 aromatic rings. The molecule has 0 aliphatic carbocycles. The number of hydrogen-bond donors (Lipinski definition) is 1. The second kappa shape index (κ2) is 6.18. The van der Waals surface area contributed by atoms with Crippen LogP contribution >= 0.6 is 11.8 Å². The van der Waals surface area contributed by atoms with E-state index in [1.807, 2.05) is 0 Å². The molecule has 0 aromatic heterocycles. The standard InChI is InChI=1S/C13H16F2N2S/c1-2-11-5-6-18-13(17-11)16-8-9-3-4-10(14)7-12(9)15/h3-4,7,11H,2,5-6,8H2,1H3,(H,16,17). The summed E-state index contributed by atoms with van der Waals surface area (Å²) >= 11 is 1.65. The summed E-state index contributed by atoms with van der Waals surface area (Å²) < 4.78 is 26.2. The van der Waals surface area contributed by atoms with Gasteiger partial charge in [-0.05, 0) is 18.9 Å². The van der Waals surface area contributed by atoms with E-state index in [1.165, 1.54) is 12.1 Å². The van der Waals surface area contributed by atoms with Crippen LogP contribution in [0.5, 0.6) is 0 Å². The number of amidine groups is 1. The lowest BCUT2D eigenvalue weighted by Crippen LogP contribution is -2.37. The number of aliphatic imine (C=N–C) groups is 1. The van der Waals surface area contributed by atoms with Crippen molar-refractivity contribution in [3.05, 3.63) is 35.4 Å². The van der Waals surface area contributed by atoms with Gasteiger partial charge in [-0.15, -0.1) is 0 Å². The van der Waals surface area contributed by atoms with Crippen molar-refractivity contribution in [2.45, 2.75) is 32.4 Å². The zero-order valence-electron chi connectivity index (χ0n) is 10.2. The molecule has 2 nitrogen and oxygen atoms in total. The van der Waals surface area contributed by atoms with Gasteiger partial charge in [-0.2, -0.15) is 0 Å². The summed E-state index contributed by atoms with van der Waals surface area (Å²) in [7, 11) is 0. The molecule has 0 amide bonds. The molecular weight excluding hydrogens is 254 g/mol. The smallest absolute Gasteiger partial charge is 0.157 e. The van der Waals surface area contributed by atoms with Crippen molar-refractivity contribution in [3.63, 3.8) is 0 Å². The van der Waals surface area contributed by atoms with E-state index in [1.54, 1.807) is 11.8 Å². The molecule has 1 N–H and O–H groups in total. The number of benzene rings is 1. The van der Waals surface area contributed by atoms with E-state index < -0.39 is 11.6 Å². The molecule has 0 radical (unpaired) electrons. The quantitative estimate of drug-likeness (QED) is 0.911. The largest absolute Gasteiger partial charge is 0.362 e. The Bertz CT molecular complexity index is 449. The summed E-state index contributed by atoms with van der Waals surface area (Å²) in [5, 5.41) is 4.18. The zero-order valence-corrected chi connectivity index (χ0v) is 11.1. The predicted octanol–water partition coefficient (Wildman–Crippen LogP) is 3.33. The molecule has 1 aromatic carbocycles. The fourth-order valence-electron chi connectivity index (χ4n) is 1.79. The molecule has 98 valence electrons. The first-order chi connectivity index (χ1) is 8.69. The maximum absolute atomic E-state index is 13.4. The molecule has 1 atom stereocenters. The highest BCUT2D eigenvalue weighted by molar-refractivity contribution is 8.13. The Balaban J connectivity index is 2.01. The van der Waals surface area contributed by atoms with E-state index in [0.29, 0.717) is 11.6 Å². The van der Waals surface area contributed by atoms with Crippen molar-refractivity contribution < 1.29 is 8.78 Å². The minimum atomic E-state index is -0.555. The van der Waals surface area contributed by atoms with Gasteiger partial charge >= 0.3 is 0 Å². The van der Waals surface area contributed by atoms with E-state index in [2.05, 4.69) is 17.2 Å². The molecule has 1 fully saturated rings. The minimum Gasteiger partial charge on any atom is -0.362 e. The van der Waals surface area contributed by atoms with E-state index in [9.17, 15) is 8.78 Å². The second-order valence-electron chi connectivity index (χ2n) is 4.24. The minimum absolute atomic E-state index is 0.248. The van der Waals surface area contributed by atoms with Gasteiger partial charge in [0.2, 0.25) is 0 Å². The number of halogens is 2. The predicted molar refractivity (Wildman–Crippen MR) is 71.8 cm³/mol. The van der Waals surface area contributed by atoms with Crippen LogP contribution in [0.3, 0.4) is 0 Å². The summed E-state index contributed by atoms with van der Waals surface area (Å²) in [5.74, 6) is -0.0525. The molecule has 1 aliphatic heterocycles. The highest BCUT2D eigenvalue weighted by Gasteiger charge is 2.15. The first kappa shape index (κ1) is 13.3. The third-order valence-corrected chi connectivity index (χ3v) is 3.89. The monoisotopic (exact) mass is 270 g/mol. The van der Waals surface area contributed by atoms with Gasteiger partial charge in [-0.1, -0.05) is 24.8 Å². The van der Waals surface area contributed by atoms with Crippen molar-refractivity contribution in [2.24, 2.45) is 4.99 Å². The summed E-state index contributed by atoms with van der Waals surface area (Å²) in [4.78, 5) is 4.35. The summed E-state index contributed by atoms with van der Waals surface area (Å²) in [6, 6.07) is 4.06. The Morgan fingerprint density at radius 2 is 2.28 bits per heavy atom. The van der Waals surface area contributed by atoms with Gasteiger partial charge in [-0.25, -0.2) is 8.78 Å². The molecule has 0 spiro atoms. The maximum atomic E-state index is 13.4. The van der Waals surface area contributed by atoms with Crippen molar-refractivity contribution in [1.82, 2.24) is 5.32 Å². The highest BCUT2D eigenvalue weighted by Crippen LogP contribution is 2.17. The fourth-order valence-corrected chi connectivity index (χ4v) is 2.79. The van der Waals surface area contributed by atoms with E-state index in [4.69, 9.17) is 0 Å². The van der Waals surface area contributed by atoms with Crippen LogP contribution in [-0.2, 0) is 6.54 Å². The van der Waals surface area contributed by atoms with E-state index in [0.717, 1.165) is 29.8 Å². The number of thioether (sulfide) groups is 1. The van der Waals surface area contributed by atoms with Crippen LogP contribution in [-0.4, -0.2) is 17.0 Å². The van der Waals surface area contributed by atoms with Crippen LogP contribution in [0, 0.1) is 11.6 Å². The lowest BCUT2D eigenvalue weighted by molar-refractivity contribution is 0.566. The topological polar surface area (TPSA) is 24.4 Å². The van der Waals surface area contributed by atoms with E-state index in [-0.39, 0.29) is 6.54 Å². The zero-order chi connectivity index (χ0) is 13.0. The van der Waals surface area contributed by atoms with Crippen LogP contribution in [0.2, 0.25) is 0 Å². The molecular formula is C13H16F2N2S. The van der Waals surface area contributed by atoms with Crippen LogP contribution in [0.25, 0.3) is 0 Å². The fraction of sp³-hybridized carbons (Fsp3) is 0.462. The Kier molecular flexibility index (Phi) is 4.58. The lowest BCUT2D eigenvalue weighted by atomic mass is 10.2. The van der Waals surface area contributed by atoms with Gasteiger partial charge in [0.1, 0.15) is 11.6 Å². The van der Waals surface area contributed by atoms with Crippen molar-refractivity contribution in [2.75, 3.05) is 5.75 Å². The Morgan fingerprint density at radius 3 is 3.00 bits per heavy atom. The van der Waals surface area contributed by atoms with Gasteiger partial charge in [0.15, 0.2) is 5.17 Å². The molecule has 1 saturated heterocycles. The summed E-state index contributed by atoms with van der Waals surface area (Å²) in [6.45, 7) is 2.38. The van der Waals surface area contributed by atoms with Gasteiger partial charge < -0.3 is 5.32 Å². The van der Waals surface area contributed by atoms with Gasteiger partial charge in [0.25, 0.3) is 0 Å². The highest BCUT2D eigenvalue weighted by atomic mass is 32.2. The first-order valence-electron chi connectivity index (χ1n) is 6.06. The summed E-state index contributed by atoms with van der Waals surface area (Å²) in [6.07, 6.45) is 2.19. The third kappa shape index (κ3) is 3.45. The Hall–Kier alpha value is -1.10. The Labute approximate surface area is 110 Å². The number of rotatable bonds is 3. The SMILES string of the molecule is CCC1CCSC(=NCc2ccc(F)cc2F)N1. The second-order valence-corrected chi connectivity index (χ2v) is 5.33. The molecule has 0 saturated carbocycles. The van der Waals surface area contributed by atoms with Gasteiger partial charge in [0.05, 0.1) is 6.54 Å². The normalized spacial score (nSPS) is 21.9. The average Bonchev–Trinajstić information content (AvgIpc) is 2.38. The van der Waals surface area contributed by atoms with Crippen molar-refractivity contribution >= 4 is 16.9 Å². The third-order valence-electron chi connectivity index (χ3n) is 2.93. The van der Waals surface area contributed by atoms with Crippen molar-refractivity contribution in [1.29, 1.82) is 0 Å². The molecule has 1 aliphatic rings. The lowest BCUT2D eigenvalue weighted by Gasteiger charge is -2.24. The van der Waals surface area contributed by atoms with E-state index >= 15 is 0 Å². The number of nitrogens with one attached hydrogen (secondary N) is 1. The van der Waals surface area contributed by atoms with Crippen molar-refractivity contribution in [3.8, 4) is 0 Å². The van der Waals surface area contributed by atoms with Gasteiger partial charge in [0, 0.05) is 23.4 Å². The molecule has 0 bridgehead atoms. The van der Waals surface area contributed by atoms with Crippen LogP contribution in [0.15, 0.2) is 23.2 Å². The average molecular weight is 270 g/mol. The molecule has 1 heterocycles. The van der Waals surface area contributed by atoms with Crippen LogP contribution in [0.1, 0.15) is 25.3 Å². The molecule has 1 unspecified atom stereocenters.